The van der Waals surface area contributed by atoms with Crippen molar-refractivity contribution in [2.75, 3.05) is 16.6 Å². The van der Waals surface area contributed by atoms with Crippen molar-refractivity contribution < 1.29 is 22.3 Å². The smallest absolute Gasteiger partial charge is 0.252 e. The maximum absolute atomic E-state index is 13.7. The molecule has 160 valence electrons. The highest BCUT2D eigenvalue weighted by molar-refractivity contribution is 7.93. The van der Waals surface area contributed by atoms with Crippen LogP contribution in [0.5, 0.6) is 5.75 Å². The van der Waals surface area contributed by atoms with Gasteiger partial charge in [-0.15, -0.1) is 0 Å². The highest BCUT2D eigenvalue weighted by atomic mass is 32.2. The lowest BCUT2D eigenvalue weighted by Gasteiger charge is -2.38. The Hall–Kier alpha value is -2.61. The molecule has 2 aliphatic heterocycles. The quantitative estimate of drug-likeness (QED) is 0.802. The average Bonchev–Trinajstić information content (AvgIpc) is 2.99. The molecule has 1 unspecified atom stereocenters. The second kappa shape index (κ2) is 7.27. The largest absolute Gasteiger partial charge is 0.487 e. The van der Waals surface area contributed by atoms with E-state index in [0.29, 0.717) is 42.0 Å². The van der Waals surface area contributed by atoms with E-state index in [2.05, 4.69) is 5.32 Å². The van der Waals surface area contributed by atoms with Crippen molar-refractivity contribution >= 4 is 21.6 Å². The predicted octanol–water partition coefficient (Wildman–Crippen LogP) is 3.71. The molecule has 0 saturated carbocycles. The van der Waals surface area contributed by atoms with Gasteiger partial charge in [0.25, 0.3) is 5.91 Å². The van der Waals surface area contributed by atoms with Crippen LogP contribution >= 0.6 is 0 Å². The van der Waals surface area contributed by atoms with Gasteiger partial charge < -0.3 is 10.1 Å². The molecule has 1 fully saturated rings. The molecule has 0 aromatic heterocycles. The molecule has 1 saturated heterocycles. The zero-order valence-electron chi connectivity index (χ0n) is 17.2. The second-order valence-electron chi connectivity index (χ2n) is 8.51. The van der Waals surface area contributed by atoms with E-state index in [1.54, 1.807) is 31.2 Å². The number of benzene rings is 2. The first-order valence-electron chi connectivity index (χ1n) is 9.96. The van der Waals surface area contributed by atoms with Crippen LogP contribution in [0.25, 0.3) is 0 Å². The zero-order chi connectivity index (χ0) is 21.7. The molecule has 0 bridgehead atoms. The van der Waals surface area contributed by atoms with Crippen LogP contribution in [-0.2, 0) is 10.0 Å². The van der Waals surface area contributed by atoms with Crippen LogP contribution in [-0.4, -0.2) is 32.2 Å². The Kier molecular flexibility index (Phi) is 5.00. The summed E-state index contributed by atoms with van der Waals surface area (Å²) in [5, 5.41) is 3.04. The monoisotopic (exact) mass is 432 g/mol. The Morgan fingerprint density at radius 3 is 2.67 bits per heavy atom. The van der Waals surface area contributed by atoms with E-state index in [0.717, 1.165) is 5.56 Å². The molecule has 4 rings (SSSR count). The summed E-state index contributed by atoms with van der Waals surface area (Å²) in [6, 6.07) is 9.07. The van der Waals surface area contributed by atoms with Crippen molar-refractivity contribution in [1.82, 2.24) is 5.32 Å². The van der Waals surface area contributed by atoms with Crippen LogP contribution in [0.3, 0.4) is 0 Å². The molecular formula is C22H25FN2O4S. The van der Waals surface area contributed by atoms with Crippen LogP contribution in [0.1, 0.15) is 54.2 Å². The van der Waals surface area contributed by atoms with Crippen molar-refractivity contribution in [3.63, 3.8) is 0 Å². The van der Waals surface area contributed by atoms with Gasteiger partial charge in [0.2, 0.25) is 10.0 Å². The summed E-state index contributed by atoms with van der Waals surface area (Å²) in [6.07, 6.45) is 1.14. The molecule has 1 N–H and O–H groups in total. The van der Waals surface area contributed by atoms with Gasteiger partial charge in [-0.3, -0.25) is 9.10 Å². The van der Waals surface area contributed by atoms with E-state index < -0.39 is 15.6 Å². The van der Waals surface area contributed by atoms with E-state index in [1.165, 1.54) is 16.4 Å². The lowest BCUT2D eigenvalue weighted by Crippen LogP contribution is -2.41. The van der Waals surface area contributed by atoms with Gasteiger partial charge in [-0.05, 0) is 57.0 Å². The van der Waals surface area contributed by atoms with E-state index in [-0.39, 0.29) is 23.5 Å². The molecule has 2 aromatic rings. The molecule has 6 nitrogen and oxygen atoms in total. The first kappa shape index (κ1) is 20.7. The van der Waals surface area contributed by atoms with E-state index >= 15 is 0 Å². The fraction of sp³-hybridized carbons (Fsp3) is 0.409. The molecule has 2 aliphatic rings. The third-order valence-corrected chi connectivity index (χ3v) is 7.45. The van der Waals surface area contributed by atoms with Crippen molar-refractivity contribution in [2.24, 2.45) is 0 Å². The van der Waals surface area contributed by atoms with Gasteiger partial charge in [-0.25, -0.2) is 12.8 Å². The number of aryl methyl sites for hydroxylation is 1. The molecular weight excluding hydrogens is 407 g/mol. The van der Waals surface area contributed by atoms with Gasteiger partial charge in [-0.1, -0.05) is 6.07 Å². The number of rotatable bonds is 3. The maximum Gasteiger partial charge on any atom is 0.252 e. The first-order valence-corrected chi connectivity index (χ1v) is 11.6. The standard InChI is InChI=1S/C22H25FN2O4S/c1-14-11-16(25-9-4-10-30(25,27)28)6-8-17(14)21(26)24-19-13-22(2,3)29-20-12-15(23)5-7-18(19)20/h5-8,11-12,19H,4,9-10,13H2,1-3H3,(H,24,26). The number of carbonyl (C=O) groups is 1. The Bertz CT molecular complexity index is 1110. The number of halogens is 1. The Labute approximate surface area is 176 Å². The number of ether oxygens (including phenoxy) is 1. The number of sulfonamides is 1. The summed E-state index contributed by atoms with van der Waals surface area (Å²) in [4.78, 5) is 13.0. The van der Waals surface area contributed by atoms with Gasteiger partial charge >= 0.3 is 0 Å². The first-order chi connectivity index (χ1) is 14.1. The lowest BCUT2D eigenvalue weighted by atomic mass is 9.89. The van der Waals surface area contributed by atoms with Crippen LogP contribution in [0.4, 0.5) is 10.1 Å². The Morgan fingerprint density at radius 2 is 2.00 bits per heavy atom. The molecule has 1 amide bonds. The molecule has 8 heteroatoms. The molecule has 0 radical (unpaired) electrons. The predicted molar refractivity (Wildman–Crippen MR) is 113 cm³/mol. The number of fused-ring (bicyclic) bond motifs is 1. The number of amides is 1. The van der Waals surface area contributed by atoms with Crippen molar-refractivity contribution in [3.8, 4) is 5.75 Å². The minimum atomic E-state index is -3.27. The van der Waals surface area contributed by atoms with E-state index in [1.807, 2.05) is 13.8 Å². The molecule has 0 aliphatic carbocycles. The normalized spacial score (nSPS) is 21.6. The summed E-state index contributed by atoms with van der Waals surface area (Å²) < 4.78 is 45.3. The fourth-order valence-corrected chi connectivity index (χ4v) is 5.73. The number of nitrogens with zero attached hydrogens (tertiary/aromatic N) is 1. The minimum Gasteiger partial charge on any atom is -0.487 e. The number of nitrogens with one attached hydrogen (secondary N) is 1. The fourth-order valence-electron chi connectivity index (χ4n) is 4.18. The van der Waals surface area contributed by atoms with Gasteiger partial charge in [0, 0.05) is 30.2 Å². The topological polar surface area (TPSA) is 75.7 Å². The summed E-state index contributed by atoms with van der Waals surface area (Å²) in [6.45, 7) is 6.04. The van der Waals surface area contributed by atoms with Gasteiger partial charge in [0.15, 0.2) is 0 Å². The molecule has 1 atom stereocenters. The molecule has 2 heterocycles. The third-order valence-electron chi connectivity index (χ3n) is 5.58. The number of carbonyl (C=O) groups excluding carboxylic acids is 1. The van der Waals surface area contributed by atoms with Crippen molar-refractivity contribution in [3.05, 3.63) is 58.9 Å². The van der Waals surface area contributed by atoms with Gasteiger partial charge in [0.05, 0.1) is 17.5 Å². The molecule has 0 spiro atoms. The summed E-state index contributed by atoms with van der Waals surface area (Å²) >= 11 is 0. The lowest BCUT2D eigenvalue weighted by molar-refractivity contribution is 0.0616. The Morgan fingerprint density at radius 1 is 1.23 bits per heavy atom. The van der Waals surface area contributed by atoms with Crippen LogP contribution in [0, 0.1) is 12.7 Å². The third kappa shape index (κ3) is 3.88. The van der Waals surface area contributed by atoms with E-state index in [9.17, 15) is 17.6 Å². The van der Waals surface area contributed by atoms with Crippen LogP contribution < -0.4 is 14.4 Å². The number of anilines is 1. The maximum atomic E-state index is 13.7. The van der Waals surface area contributed by atoms with E-state index in [4.69, 9.17) is 4.74 Å². The van der Waals surface area contributed by atoms with Gasteiger partial charge in [0.1, 0.15) is 17.2 Å². The highest BCUT2D eigenvalue weighted by Crippen LogP contribution is 2.40. The Balaban J connectivity index is 1.59. The van der Waals surface area contributed by atoms with Crippen LogP contribution in [0.15, 0.2) is 36.4 Å². The molecule has 2 aromatic carbocycles. The zero-order valence-corrected chi connectivity index (χ0v) is 18.1. The minimum absolute atomic E-state index is 0.147. The number of hydrogen-bond acceptors (Lipinski definition) is 4. The SMILES string of the molecule is Cc1cc(N2CCCS2(=O)=O)ccc1C(=O)NC1CC(C)(C)Oc2cc(F)ccc21. The summed E-state index contributed by atoms with van der Waals surface area (Å²) in [7, 11) is -3.27. The van der Waals surface area contributed by atoms with Gasteiger partial charge in [-0.2, -0.15) is 0 Å². The second-order valence-corrected chi connectivity index (χ2v) is 10.5. The highest BCUT2D eigenvalue weighted by Gasteiger charge is 2.35. The van der Waals surface area contributed by atoms with Crippen molar-refractivity contribution in [2.45, 2.75) is 45.3 Å². The number of hydrogen-bond donors (Lipinski definition) is 1. The summed E-state index contributed by atoms with van der Waals surface area (Å²) in [5.41, 5.74) is 1.93. The van der Waals surface area contributed by atoms with Crippen molar-refractivity contribution in [1.29, 1.82) is 0 Å². The van der Waals surface area contributed by atoms with Crippen LogP contribution in [0.2, 0.25) is 0 Å². The molecule has 30 heavy (non-hydrogen) atoms. The average molecular weight is 433 g/mol. The summed E-state index contributed by atoms with van der Waals surface area (Å²) in [5.74, 6) is -0.0719.